The lowest BCUT2D eigenvalue weighted by Crippen LogP contribution is -2.15. The van der Waals surface area contributed by atoms with Crippen LogP contribution in [-0.4, -0.2) is 18.5 Å². The summed E-state index contributed by atoms with van der Waals surface area (Å²) in [7, 11) is 0. The van der Waals surface area contributed by atoms with Crippen LogP contribution >= 0.6 is 0 Å². The first-order valence-corrected chi connectivity index (χ1v) is 6.88. The van der Waals surface area contributed by atoms with Gasteiger partial charge in [-0.1, -0.05) is 56.5 Å². The van der Waals surface area contributed by atoms with Gasteiger partial charge in [0, 0.05) is 6.08 Å². The summed E-state index contributed by atoms with van der Waals surface area (Å²) in [6, 6.07) is 8.84. The van der Waals surface area contributed by atoms with Crippen LogP contribution in [0.5, 0.6) is 0 Å². The van der Waals surface area contributed by atoms with E-state index in [1.807, 2.05) is 6.07 Å². The van der Waals surface area contributed by atoms with E-state index in [0.29, 0.717) is 12.2 Å². The second kappa shape index (κ2) is 8.91. The highest BCUT2D eigenvalue weighted by Gasteiger charge is 2.10. The van der Waals surface area contributed by atoms with E-state index in [-0.39, 0.29) is 5.57 Å². The van der Waals surface area contributed by atoms with Crippen LogP contribution in [0.15, 0.2) is 36.4 Å². The Morgan fingerprint density at radius 3 is 2.45 bits per heavy atom. The maximum Gasteiger partial charge on any atom is 0.331 e. The summed E-state index contributed by atoms with van der Waals surface area (Å²) >= 11 is 0. The number of carbonyl (C=O) groups is 2. The molecule has 0 radical (unpaired) electrons. The van der Waals surface area contributed by atoms with Crippen molar-refractivity contribution in [3.63, 3.8) is 0 Å². The average molecular weight is 275 g/mol. The molecule has 0 bridgehead atoms. The monoisotopic (exact) mass is 275 g/mol. The molecule has 0 atom stereocenters. The second-order valence-electron chi connectivity index (χ2n) is 4.52. The molecule has 0 aliphatic carbocycles. The van der Waals surface area contributed by atoms with Crippen LogP contribution in [0.1, 0.15) is 38.2 Å². The van der Waals surface area contributed by atoms with E-state index in [4.69, 9.17) is 10.5 Å². The Bertz CT molecular complexity index is 466. The molecule has 0 aliphatic heterocycles. The molecule has 4 heteroatoms. The molecule has 2 N–H and O–H groups in total. The molecule has 0 aliphatic rings. The molecule has 1 rings (SSSR count). The molecule has 1 aromatic carbocycles. The zero-order valence-electron chi connectivity index (χ0n) is 11.8. The summed E-state index contributed by atoms with van der Waals surface area (Å²) in [5, 5.41) is 0. The van der Waals surface area contributed by atoms with Crippen molar-refractivity contribution in [2.45, 2.75) is 32.6 Å². The third kappa shape index (κ3) is 5.69. The summed E-state index contributed by atoms with van der Waals surface area (Å²) in [5.74, 6) is -1.17. The highest BCUT2D eigenvalue weighted by Crippen LogP contribution is 2.13. The van der Waals surface area contributed by atoms with E-state index in [0.717, 1.165) is 31.8 Å². The lowest BCUT2D eigenvalue weighted by molar-refractivity contribution is -0.138. The first-order chi connectivity index (χ1) is 9.65. The number of primary amides is 1. The molecule has 0 fully saturated rings. The Balaban J connectivity index is 2.59. The molecule has 108 valence electrons. The van der Waals surface area contributed by atoms with E-state index >= 15 is 0 Å². The number of nitrogens with two attached hydrogens (primary N) is 1. The van der Waals surface area contributed by atoms with Crippen LogP contribution in [0.4, 0.5) is 0 Å². The molecule has 0 heterocycles. The number of unbranched alkanes of at least 4 members (excludes halogenated alkanes) is 3. The number of rotatable bonds is 8. The van der Waals surface area contributed by atoms with E-state index in [9.17, 15) is 9.59 Å². The van der Waals surface area contributed by atoms with Crippen LogP contribution in [0.3, 0.4) is 0 Å². The van der Waals surface area contributed by atoms with Crippen LogP contribution in [0, 0.1) is 0 Å². The summed E-state index contributed by atoms with van der Waals surface area (Å²) in [4.78, 5) is 23.1. The number of amides is 1. The number of hydrogen-bond donors (Lipinski definition) is 1. The molecule has 0 aromatic heterocycles. The van der Waals surface area contributed by atoms with Gasteiger partial charge in [-0.15, -0.1) is 0 Å². The number of benzene rings is 1. The third-order valence-corrected chi connectivity index (χ3v) is 2.85. The minimum atomic E-state index is -0.640. The smallest absolute Gasteiger partial charge is 0.331 e. The minimum Gasteiger partial charge on any atom is -0.463 e. The Hall–Kier alpha value is -2.10. The van der Waals surface area contributed by atoms with E-state index in [2.05, 4.69) is 6.92 Å². The first kappa shape index (κ1) is 16.0. The topological polar surface area (TPSA) is 69.4 Å². The van der Waals surface area contributed by atoms with Gasteiger partial charge in [-0.2, -0.15) is 0 Å². The predicted octanol–water partition coefficient (Wildman–Crippen LogP) is 2.68. The molecule has 0 saturated heterocycles. The van der Waals surface area contributed by atoms with E-state index < -0.39 is 11.9 Å². The molecular formula is C16H21NO3. The molecule has 1 amide bonds. The van der Waals surface area contributed by atoms with Crippen molar-refractivity contribution in [3.8, 4) is 0 Å². The summed E-state index contributed by atoms with van der Waals surface area (Å²) in [6.07, 6.45) is 5.30. The Labute approximate surface area is 119 Å². The lowest BCUT2D eigenvalue weighted by atomic mass is 10.1. The molecule has 1 aromatic rings. The van der Waals surface area contributed by atoms with Crippen LogP contribution in [0.25, 0.3) is 5.57 Å². The second-order valence-corrected chi connectivity index (χ2v) is 4.52. The largest absolute Gasteiger partial charge is 0.463 e. The lowest BCUT2D eigenvalue weighted by Gasteiger charge is -2.05. The molecule has 20 heavy (non-hydrogen) atoms. The van der Waals surface area contributed by atoms with Crippen molar-refractivity contribution in [1.29, 1.82) is 0 Å². The summed E-state index contributed by atoms with van der Waals surface area (Å²) in [5.41, 5.74) is 6.08. The van der Waals surface area contributed by atoms with Gasteiger partial charge in [0.1, 0.15) is 0 Å². The third-order valence-electron chi connectivity index (χ3n) is 2.85. The van der Waals surface area contributed by atoms with Gasteiger partial charge < -0.3 is 10.5 Å². The van der Waals surface area contributed by atoms with E-state index in [1.54, 1.807) is 24.3 Å². The standard InChI is InChI=1S/C16H21NO3/c1-2-3-4-8-11-20-15(18)12-14(16(17)19)13-9-6-5-7-10-13/h5-7,9-10,12H,2-4,8,11H2,1H3,(H2,17,19)/b14-12-. The van der Waals surface area contributed by atoms with Gasteiger partial charge in [0.2, 0.25) is 5.91 Å². The van der Waals surface area contributed by atoms with Gasteiger partial charge in [-0.05, 0) is 12.0 Å². The molecular weight excluding hydrogens is 254 g/mol. The van der Waals surface area contributed by atoms with Crippen molar-refractivity contribution in [1.82, 2.24) is 0 Å². The zero-order chi connectivity index (χ0) is 14.8. The normalized spacial score (nSPS) is 11.2. The maximum absolute atomic E-state index is 11.7. The first-order valence-electron chi connectivity index (χ1n) is 6.88. The van der Waals surface area contributed by atoms with E-state index in [1.165, 1.54) is 0 Å². The number of carbonyl (C=O) groups excluding carboxylic acids is 2. The van der Waals surface area contributed by atoms with Gasteiger partial charge in [0.05, 0.1) is 12.2 Å². The molecule has 4 nitrogen and oxygen atoms in total. The zero-order valence-corrected chi connectivity index (χ0v) is 11.8. The van der Waals surface area contributed by atoms with Crippen molar-refractivity contribution >= 4 is 17.4 Å². The average Bonchev–Trinajstić information content (AvgIpc) is 2.45. The SMILES string of the molecule is CCCCCCOC(=O)/C=C(\C(N)=O)c1ccccc1. The number of esters is 1. The van der Waals surface area contributed by atoms with Crippen LogP contribution in [0.2, 0.25) is 0 Å². The summed E-state index contributed by atoms with van der Waals surface area (Å²) in [6.45, 7) is 2.49. The van der Waals surface area contributed by atoms with Gasteiger partial charge in [-0.25, -0.2) is 4.79 Å². The Morgan fingerprint density at radius 2 is 1.85 bits per heavy atom. The maximum atomic E-state index is 11.7. The quantitative estimate of drug-likeness (QED) is 0.450. The minimum absolute atomic E-state index is 0.171. The van der Waals surface area contributed by atoms with Crippen molar-refractivity contribution in [2.24, 2.45) is 5.73 Å². The fourth-order valence-electron chi connectivity index (χ4n) is 1.78. The Kier molecular flexibility index (Phi) is 7.11. The highest BCUT2D eigenvalue weighted by atomic mass is 16.5. The summed E-state index contributed by atoms with van der Waals surface area (Å²) < 4.78 is 5.07. The Morgan fingerprint density at radius 1 is 1.15 bits per heavy atom. The van der Waals surface area contributed by atoms with Gasteiger partial charge in [0.25, 0.3) is 0 Å². The molecule has 0 unspecified atom stereocenters. The molecule has 0 spiro atoms. The predicted molar refractivity (Wildman–Crippen MR) is 78.7 cm³/mol. The fraction of sp³-hybridized carbons (Fsp3) is 0.375. The fourth-order valence-corrected chi connectivity index (χ4v) is 1.78. The number of hydrogen-bond acceptors (Lipinski definition) is 3. The highest BCUT2D eigenvalue weighted by molar-refractivity contribution is 6.22. The van der Waals surface area contributed by atoms with Gasteiger partial charge in [0.15, 0.2) is 0 Å². The van der Waals surface area contributed by atoms with Gasteiger partial charge >= 0.3 is 5.97 Å². The van der Waals surface area contributed by atoms with Gasteiger partial charge in [-0.3, -0.25) is 4.79 Å². The number of ether oxygens (including phenoxy) is 1. The van der Waals surface area contributed by atoms with Crippen molar-refractivity contribution < 1.29 is 14.3 Å². The van der Waals surface area contributed by atoms with Crippen LogP contribution in [-0.2, 0) is 14.3 Å². The van der Waals surface area contributed by atoms with Crippen molar-refractivity contribution in [2.75, 3.05) is 6.61 Å². The van der Waals surface area contributed by atoms with Crippen molar-refractivity contribution in [3.05, 3.63) is 42.0 Å². The molecule has 0 saturated carbocycles. The van der Waals surface area contributed by atoms with Crippen LogP contribution < -0.4 is 5.73 Å².